The van der Waals surface area contributed by atoms with Crippen molar-refractivity contribution in [3.8, 4) is 0 Å². The van der Waals surface area contributed by atoms with Gasteiger partial charge in [-0.05, 0) is 23.6 Å². The van der Waals surface area contributed by atoms with E-state index in [0.717, 1.165) is 22.0 Å². The summed E-state index contributed by atoms with van der Waals surface area (Å²) in [5.74, 6) is -0.249. The number of nitrogens with zero attached hydrogens (tertiary/aromatic N) is 2. The van der Waals surface area contributed by atoms with Gasteiger partial charge in [0.25, 0.3) is 0 Å². The van der Waals surface area contributed by atoms with Gasteiger partial charge in [-0.1, -0.05) is 48.5 Å². The Morgan fingerprint density at radius 3 is 2.66 bits per heavy atom. The predicted molar refractivity (Wildman–Crippen MR) is 113 cm³/mol. The Kier molecular flexibility index (Phi) is 5.07. The molecule has 0 aliphatic rings. The summed E-state index contributed by atoms with van der Waals surface area (Å²) in [6.07, 6.45) is 2.84. The average molecular weight is 385 g/mol. The van der Waals surface area contributed by atoms with E-state index >= 15 is 0 Å². The van der Waals surface area contributed by atoms with Crippen LogP contribution in [0.5, 0.6) is 0 Å². The van der Waals surface area contributed by atoms with E-state index < -0.39 is 0 Å². The van der Waals surface area contributed by atoms with Gasteiger partial charge in [0, 0.05) is 30.3 Å². The second-order valence-corrected chi connectivity index (χ2v) is 6.62. The molecule has 0 atom stereocenters. The SMILES string of the molecule is CN(CC(=O)Nc1cccc2ccccc12)C(=O)C=Cc1nc2ccccc2o1. The average Bonchev–Trinajstić information content (AvgIpc) is 3.15. The summed E-state index contributed by atoms with van der Waals surface area (Å²) in [4.78, 5) is 30.3. The highest BCUT2D eigenvalue weighted by Gasteiger charge is 2.12. The number of nitrogens with one attached hydrogen (secondary N) is 1. The molecule has 0 fully saturated rings. The number of hydrogen-bond acceptors (Lipinski definition) is 4. The smallest absolute Gasteiger partial charge is 0.246 e. The van der Waals surface area contributed by atoms with Gasteiger partial charge >= 0.3 is 0 Å². The van der Waals surface area contributed by atoms with Crippen LogP contribution < -0.4 is 5.32 Å². The Bertz CT molecular complexity index is 1190. The van der Waals surface area contributed by atoms with E-state index in [1.54, 1.807) is 7.05 Å². The molecule has 1 aromatic heterocycles. The molecule has 0 saturated heterocycles. The van der Waals surface area contributed by atoms with E-state index in [0.29, 0.717) is 11.5 Å². The first-order valence-electron chi connectivity index (χ1n) is 9.16. The van der Waals surface area contributed by atoms with Crippen LogP contribution in [-0.2, 0) is 9.59 Å². The normalized spacial score (nSPS) is 11.2. The van der Waals surface area contributed by atoms with Crippen LogP contribution in [0.4, 0.5) is 5.69 Å². The first kappa shape index (κ1) is 18.4. The number of carbonyl (C=O) groups excluding carboxylic acids is 2. The summed E-state index contributed by atoms with van der Waals surface area (Å²) in [5, 5.41) is 4.86. The maximum Gasteiger partial charge on any atom is 0.246 e. The van der Waals surface area contributed by atoms with Gasteiger partial charge in [0.2, 0.25) is 17.7 Å². The van der Waals surface area contributed by atoms with Crippen molar-refractivity contribution in [2.24, 2.45) is 0 Å². The highest BCUT2D eigenvalue weighted by Crippen LogP contribution is 2.22. The molecule has 2 amide bonds. The summed E-state index contributed by atoms with van der Waals surface area (Å²) >= 11 is 0. The van der Waals surface area contributed by atoms with Crippen molar-refractivity contribution >= 4 is 45.4 Å². The number of amides is 2. The fourth-order valence-corrected chi connectivity index (χ4v) is 3.05. The molecule has 144 valence electrons. The zero-order chi connectivity index (χ0) is 20.2. The Labute approximate surface area is 167 Å². The third-order valence-corrected chi connectivity index (χ3v) is 4.50. The maximum absolute atomic E-state index is 12.4. The monoisotopic (exact) mass is 385 g/mol. The minimum absolute atomic E-state index is 0.0695. The van der Waals surface area contributed by atoms with Crippen molar-refractivity contribution in [1.82, 2.24) is 9.88 Å². The Morgan fingerprint density at radius 1 is 1.03 bits per heavy atom. The highest BCUT2D eigenvalue weighted by atomic mass is 16.3. The fourth-order valence-electron chi connectivity index (χ4n) is 3.05. The molecule has 1 N–H and O–H groups in total. The maximum atomic E-state index is 12.4. The minimum atomic E-state index is -0.319. The van der Waals surface area contributed by atoms with Gasteiger partial charge in [-0.3, -0.25) is 9.59 Å². The Hall–Kier alpha value is -3.93. The third-order valence-electron chi connectivity index (χ3n) is 4.50. The van der Waals surface area contributed by atoms with Crippen LogP contribution in [0, 0.1) is 0 Å². The van der Waals surface area contributed by atoms with Gasteiger partial charge in [-0.2, -0.15) is 0 Å². The number of carbonyl (C=O) groups is 2. The summed E-state index contributed by atoms with van der Waals surface area (Å²) in [6, 6.07) is 20.9. The van der Waals surface area contributed by atoms with Crippen molar-refractivity contribution in [2.45, 2.75) is 0 Å². The number of oxazole rings is 1. The molecule has 1 heterocycles. The van der Waals surface area contributed by atoms with Crippen LogP contribution in [-0.4, -0.2) is 35.3 Å². The van der Waals surface area contributed by atoms with Crippen molar-refractivity contribution < 1.29 is 14.0 Å². The topological polar surface area (TPSA) is 75.4 Å². The molecule has 29 heavy (non-hydrogen) atoms. The largest absolute Gasteiger partial charge is 0.437 e. The van der Waals surface area contributed by atoms with Crippen LogP contribution in [0.2, 0.25) is 0 Å². The first-order chi connectivity index (χ1) is 14.1. The number of hydrogen-bond donors (Lipinski definition) is 1. The standard InChI is InChI=1S/C23H19N3O3/c1-26(23(28)14-13-22-25-19-10-4-5-12-20(19)29-22)15-21(27)24-18-11-6-8-16-7-2-3-9-17(16)18/h2-14H,15H2,1H3,(H,24,27). The Balaban J connectivity index is 1.39. The van der Waals surface area contributed by atoms with E-state index in [2.05, 4.69) is 10.3 Å². The van der Waals surface area contributed by atoms with Gasteiger partial charge in [0.1, 0.15) is 5.52 Å². The highest BCUT2D eigenvalue weighted by molar-refractivity contribution is 6.04. The number of likely N-dealkylation sites (N-methyl/N-ethyl adjacent to an activating group) is 1. The van der Waals surface area contributed by atoms with Crippen molar-refractivity contribution in [1.29, 1.82) is 0 Å². The number of anilines is 1. The van der Waals surface area contributed by atoms with Crippen molar-refractivity contribution in [2.75, 3.05) is 18.9 Å². The lowest BCUT2D eigenvalue weighted by molar-refractivity contribution is -0.129. The van der Waals surface area contributed by atoms with E-state index in [1.165, 1.54) is 17.1 Å². The second kappa shape index (κ2) is 7.98. The van der Waals surface area contributed by atoms with Crippen LogP contribution in [0.3, 0.4) is 0 Å². The van der Waals surface area contributed by atoms with Gasteiger partial charge in [-0.15, -0.1) is 0 Å². The van der Waals surface area contributed by atoms with Crippen LogP contribution in [0.15, 0.2) is 77.2 Å². The van der Waals surface area contributed by atoms with E-state index in [4.69, 9.17) is 4.42 Å². The molecule has 4 aromatic rings. The van der Waals surface area contributed by atoms with Crippen LogP contribution in [0.25, 0.3) is 27.9 Å². The van der Waals surface area contributed by atoms with Gasteiger partial charge in [-0.25, -0.2) is 4.98 Å². The summed E-state index contributed by atoms with van der Waals surface area (Å²) in [6.45, 7) is -0.0695. The molecular weight excluding hydrogens is 366 g/mol. The summed E-state index contributed by atoms with van der Waals surface area (Å²) in [5.41, 5.74) is 2.10. The molecule has 0 radical (unpaired) electrons. The molecule has 0 aliphatic carbocycles. The summed E-state index contributed by atoms with van der Waals surface area (Å²) < 4.78 is 5.55. The van der Waals surface area contributed by atoms with E-state index in [-0.39, 0.29) is 18.4 Å². The molecule has 0 aliphatic heterocycles. The van der Waals surface area contributed by atoms with Crippen LogP contribution >= 0.6 is 0 Å². The van der Waals surface area contributed by atoms with Gasteiger partial charge in [0.05, 0.1) is 6.54 Å². The second-order valence-electron chi connectivity index (χ2n) is 6.62. The molecule has 0 spiro atoms. The first-order valence-corrected chi connectivity index (χ1v) is 9.16. The number of rotatable bonds is 5. The number of para-hydroxylation sites is 2. The van der Waals surface area contributed by atoms with E-state index in [9.17, 15) is 9.59 Å². The van der Waals surface area contributed by atoms with Gasteiger partial charge < -0.3 is 14.6 Å². The fraction of sp³-hybridized carbons (Fsp3) is 0.0870. The zero-order valence-corrected chi connectivity index (χ0v) is 15.8. The summed E-state index contributed by atoms with van der Waals surface area (Å²) in [7, 11) is 1.57. The molecule has 6 nitrogen and oxygen atoms in total. The molecule has 4 rings (SSSR count). The molecular formula is C23H19N3O3. The molecule has 6 heteroatoms. The number of benzene rings is 3. The zero-order valence-electron chi connectivity index (χ0n) is 15.8. The quantitative estimate of drug-likeness (QED) is 0.525. The molecule has 0 saturated carbocycles. The van der Waals surface area contributed by atoms with Gasteiger partial charge in [0.15, 0.2) is 5.58 Å². The van der Waals surface area contributed by atoms with Crippen molar-refractivity contribution in [3.63, 3.8) is 0 Å². The van der Waals surface area contributed by atoms with Crippen molar-refractivity contribution in [3.05, 3.63) is 78.7 Å². The Morgan fingerprint density at radius 2 is 1.79 bits per heavy atom. The lowest BCUT2D eigenvalue weighted by Gasteiger charge is -2.15. The van der Waals surface area contributed by atoms with E-state index in [1.807, 2.05) is 66.7 Å². The predicted octanol–water partition coefficient (Wildman–Crippen LogP) is 4.09. The number of fused-ring (bicyclic) bond motifs is 2. The lowest BCUT2D eigenvalue weighted by atomic mass is 10.1. The minimum Gasteiger partial charge on any atom is -0.437 e. The molecule has 0 bridgehead atoms. The molecule has 0 unspecified atom stereocenters. The lowest BCUT2D eigenvalue weighted by Crippen LogP contribution is -2.33. The van der Waals surface area contributed by atoms with Crippen LogP contribution in [0.1, 0.15) is 5.89 Å². The third kappa shape index (κ3) is 4.16. The molecule has 3 aromatic carbocycles. The number of aromatic nitrogens is 1.